The maximum Gasteiger partial charge on any atom is 0.206 e. The number of allylic oxidation sites excluding steroid dienone is 4. The van der Waals surface area contributed by atoms with Gasteiger partial charge in [-0.15, -0.1) is 0 Å². The molecule has 0 fully saturated rings. The first-order valence-corrected chi connectivity index (χ1v) is 4.17. The van der Waals surface area contributed by atoms with E-state index in [1.165, 1.54) is 5.20 Å². The molecular weight excluding hydrogens is 124 g/mol. The minimum Gasteiger partial charge on any atom is -0.165 e. The fourth-order valence-corrected chi connectivity index (χ4v) is 1.29. The van der Waals surface area contributed by atoms with Crippen LogP contribution in [-0.4, -0.2) is 8.83 Å². The van der Waals surface area contributed by atoms with Crippen LogP contribution >= 0.6 is 11.1 Å². The second kappa shape index (κ2) is 2.33. The highest BCUT2D eigenvalue weighted by Crippen LogP contribution is 2.08. The van der Waals surface area contributed by atoms with Crippen molar-refractivity contribution in [2.75, 3.05) is 0 Å². The van der Waals surface area contributed by atoms with Crippen LogP contribution in [0.2, 0.25) is 0 Å². The SMILES string of the molecule is Cl[Si]C1=CC=CC1. The van der Waals surface area contributed by atoms with Gasteiger partial charge in [-0.05, 0) is 6.42 Å². The fourth-order valence-electron chi connectivity index (χ4n) is 0.517. The lowest BCUT2D eigenvalue weighted by Gasteiger charge is -1.84. The van der Waals surface area contributed by atoms with Crippen molar-refractivity contribution in [2.45, 2.75) is 6.42 Å². The van der Waals surface area contributed by atoms with Crippen molar-refractivity contribution in [1.29, 1.82) is 0 Å². The lowest BCUT2D eigenvalue weighted by molar-refractivity contribution is 1.40. The summed E-state index contributed by atoms with van der Waals surface area (Å²) in [6, 6.07) is 0. The first-order valence-electron chi connectivity index (χ1n) is 2.16. The Labute approximate surface area is 50.4 Å². The number of hydrogen-bond donors (Lipinski definition) is 0. The Morgan fingerprint density at radius 2 is 2.57 bits per heavy atom. The zero-order valence-electron chi connectivity index (χ0n) is 3.82. The summed E-state index contributed by atoms with van der Waals surface area (Å²) in [4.78, 5) is 0. The van der Waals surface area contributed by atoms with E-state index in [2.05, 4.69) is 12.2 Å². The van der Waals surface area contributed by atoms with E-state index < -0.39 is 0 Å². The van der Waals surface area contributed by atoms with E-state index in [-0.39, 0.29) is 0 Å². The molecule has 0 saturated carbocycles. The molecule has 0 bridgehead atoms. The molecule has 0 unspecified atom stereocenters. The summed E-state index contributed by atoms with van der Waals surface area (Å²) in [6.45, 7) is 0. The molecule has 1 rings (SSSR count). The number of rotatable bonds is 1. The van der Waals surface area contributed by atoms with Crippen molar-refractivity contribution < 1.29 is 0 Å². The third-order valence-corrected chi connectivity index (χ3v) is 2.23. The molecule has 0 aliphatic heterocycles. The Balaban J connectivity index is 2.45. The standard InChI is InChI=1S/C5H5ClSi/c6-7-5-3-1-2-4-5/h1-3H,4H2. The molecule has 7 heavy (non-hydrogen) atoms. The molecule has 2 radical (unpaired) electrons. The second-order valence-electron chi connectivity index (χ2n) is 1.42. The van der Waals surface area contributed by atoms with Gasteiger partial charge in [0.25, 0.3) is 0 Å². The second-order valence-corrected chi connectivity index (χ2v) is 2.82. The molecule has 0 amide bonds. The van der Waals surface area contributed by atoms with Crippen LogP contribution < -0.4 is 0 Å². The fraction of sp³-hybridized carbons (Fsp3) is 0.200. The maximum absolute atomic E-state index is 5.53. The minimum atomic E-state index is 0.482. The van der Waals surface area contributed by atoms with Crippen molar-refractivity contribution in [3.63, 3.8) is 0 Å². The van der Waals surface area contributed by atoms with Crippen LogP contribution in [0.4, 0.5) is 0 Å². The molecule has 2 heteroatoms. The average molecular weight is 129 g/mol. The summed E-state index contributed by atoms with van der Waals surface area (Å²) < 4.78 is 0. The summed E-state index contributed by atoms with van der Waals surface area (Å²) >= 11 is 5.53. The van der Waals surface area contributed by atoms with Gasteiger partial charge in [-0.2, -0.15) is 11.1 Å². The van der Waals surface area contributed by atoms with Gasteiger partial charge in [-0.1, -0.05) is 23.4 Å². The van der Waals surface area contributed by atoms with Crippen molar-refractivity contribution in [2.24, 2.45) is 0 Å². The molecule has 1 aliphatic carbocycles. The van der Waals surface area contributed by atoms with E-state index >= 15 is 0 Å². The topological polar surface area (TPSA) is 0 Å². The molecular formula is C5H5ClSi. The summed E-state index contributed by atoms with van der Waals surface area (Å²) in [7, 11) is 0.482. The van der Waals surface area contributed by atoms with Crippen LogP contribution in [0.3, 0.4) is 0 Å². The highest BCUT2D eigenvalue weighted by Gasteiger charge is 1.95. The normalized spacial score (nSPS) is 17.6. The average Bonchev–Trinajstić information content (AvgIpc) is 2.14. The third kappa shape index (κ3) is 1.18. The summed E-state index contributed by atoms with van der Waals surface area (Å²) in [5.74, 6) is 0. The lowest BCUT2D eigenvalue weighted by atomic mass is 10.5. The molecule has 0 heterocycles. The molecule has 0 N–H and O–H groups in total. The molecule has 1 aliphatic rings. The van der Waals surface area contributed by atoms with Gasteiger partial charge in [0, 0.05) is 0 Å². The van der Waals surface area contributed by atoms with Crippen LogP contribution in [0.15, 0.2) is 23.4 Å². The summed E-state index contributed by atoms with van der Waals surface area (Å²) in [6.07, 6.45) is 7.31. The quantitative estimate of drug-likeness (QED) is 0.373. The first-order chi connectivity index (χ1) is 3.43. The van der Waals surface area contributed by atoms with Gasteiger partial charge in [-0.25, -0.2) is 0 Å². The van der Waals surface area contributed by atoms with Crippen molar-refractivity contribution in [3.8, 4) is 0 Å². The first kappa shape index (κ1) is 5.13. The highest BCUT2D eigenvalue weighted by molar-refractivity contribution is 6.97. The van der Waals surface area contributed by atoms with Gasteiger partial charge >= 0.3 is 0 Å². The molecule has 0 atom stereocenters. The predicted molar refractivity (Wildman–Crippen MR) is 33.4 cm³/mol. The maximum atomic E-state index is 5.53. The third-order valence-electron chi connectivity index (χ3n) is 0.893. The molecule has 36 valence electrons. The van der Waals surface area contributed by atoms with Crippen LogP contribution in [0, 0.1) is 0 Å². The van der Waals surface area contributed by atoms with Crippen molar-refractivity contribution in [3.05, 3.63) is 23.4 Å². The monoisotopic (exact) mass is 128 g/mol. The van der Waals surface area contributed by atoms with Gasteiger partial charge in [0.2, 0.25) is 8.83 Å². The van der Waals surface area contributed by atoms with Gasteiger partial charge in [0.05, 0.1) is 0 Å². The highest BCUT2D eigenvalue weighted by atomic mass is 35.6. The van der Waals surface area contributed by atoms with Gasteiger partial charge in [0.15, 0.2) is 0 Å². The molecule has 0 nitrogen and oxygen atoms in total. The Bertz CT molecular complexity index is 115. The van der Waals surface area contributed by atoms with E-state index in [1.54, 1.807) is 0 Å². The smallest absolute Gasteiger partial charge is 0.165 e. The molecule has 0 spiro atoms. The van der Waals surface area contributed by atoms with E-state index in [4.69, 9.17) is 11.1 Å². The minimum absolute atomic E-state index is 0.482. The van der Waals surface area contributed by atoms with Crippen molar-refractivity contribution >= 4 is 19.9 Å². The number of hydrogen-bond acceptors (Lipinski definition) is 0. The Morgan fingerprint density at radius 1 is 1.71 bits per heavy atom. The summed E-state index contributed by atoms with van der Waals surface area (Å²) in [5, 5.41) is 1.35. The van der Waals surface area contributed by atoms with E-state index in [0.717, 1.165) is 6.42 Å². The molecule has 0 aromatic heterocycles. The van der Waals surface area contributed by atoms with Crippen LogP contribution in [-0.2, 0) is 0 Å². The zero-order valence-corrected chi connectivity index (χ0v) is 5.57. The Morgan fingerprint density at radius 3 is 2.86 bits per heavy atom. The van der Waals surface area contributed by atoms with Crippen LogP contribution in [0.5, 0.6) is 0 Å². The van der Waals surface area contributed by atoms with E-state index in [1.807, 2.05) is 6.08 Å². The lowest BCUT2D eigenvalue weighted by Crippen LogP contribution is -1.80. The van der Waals surface area contributed by atoms with Gasteiger partial charge < -0.3 is 0 Å². The molecule has 0 aromatic carbocycles. The Hall–Kier alpha value is -0.0131. The zero-order chi connectivity index (χ0) is 5.11. The predicted octanol–water partition coefficient (Wildman–Crippen LogP) is 1.69. The molecule has 0 saturated heterocycles. The number of halogens is 1. The van der Waals surface area contributed by atoms with Crippen LogP contribution in [0.25, 0.3) is 0 Å². The van der Waals surface area contributed by atoms with E-state index in [0.29, 0.717) is 8.83 Å². The summed E-state index contributed by atoms with van der Waals surface area (Å²) in [5.41, 5.74) is 0. The van der Waals surface area contributed by atoms with Gasteiger partial charge in [0.1, 0.15) is 0 Å². The van der Waals surface area contributed by atoms with Crippen LogP contribution in [0.1, 0.15) is 6.42 Å². The molecule has 0 aromatic rings. The Kier molecular flexibility index (Phi) is 1.71. The van der Waals surface area contributed by atoms with Gasteiger partial charge in [-0.3, -0.25) is 0 Å². The largest absolute Gasteiger partial charge is 0.206 e. The van der Waals surface area contributed by atoms with Crippen molar-refractivity contribution in [1.82, 2.24) is 0 Å². The van der Waals surface area contributed by atoms with E-state index in [9.17, 15) is 0 Å².